The zero-order valence-electron chi connectivity index (χ0n) is 10.6. The lowest BCUT2D eigenvalue weighted by atomic mass is 10.2. The summed E-state index contributed by atoms with van der Waals surface area (Å²) in [5, 5.41) is 5.98. The van der Waals surface area contributed by atoms with Crippen molar-refractivity contribution in [3.05, 3.63) is 23.7 Å². The SMILES string of the molecule is Cn1nccc1-c1csc(S(=O)(=O)N2CCCC2)c1. The van der Waals surface area contributed by atoms with E-state index in [1.54, 1.807) is 21.3 Å². The van der Waals surface area contributed by atoms with Crippen molar-refractivity contribution >= 4 is 21.4 Å². The Kier molecular flexibility index (Phi) is 3.20. The molecule has 3 rings (SSSR count). The fourth-order valence-electron chi connectivity index (χ4n) is 2.30. The van der Waals surface area contributed by atoms with Gasteiger partial charge >= 0.3 is 0 Å². The summed E-state index contributed by atoms with van der Waals surface area (Å²) in [4.78, 5) is 0. The molecule has 1 aliphatic heterocycles. The highest BCUT2D eigenvalue weighted by Crippen LogP contribution is 2.31. The third-order valence-electron chi connectivity index (χ3n) is 3.35. The van der Waals surface area contributed by atoms with Gasteiger partial charge in [-0.1, -0.05) is 0 Å². The first-order valence-electron chi connectivity index (χ1n) is 6.16. The Labute approximate surface area is 116 Å². The monoisotopic (exact) mass is 297 g/mol. The maximum absolute atomic E-state index is 12.4. The minimum Gasteiger partial charge on any atom is -0.268 e. The standard InChI is InChI=1S/C12H15N3O2S2/c1-14-11(4-5-13-14)10-8-12(18-9-10)19(16,17)15-6-2-3-7-15/h4-5,8-9H,2-3,6-7H2,1H3. The Morgan fingerprint density at radius 1 is 1.32 bits per heavy atom. The van der Waals surface area contributed by atoms with Crippen LogP contribution >= 0.6 is 11.3 Å². The van der Waals surface area contributed by atoms with E-state index in [1.165, 1.54) is 11.3 Å². The Bertz CT molecular complexity index is 681. The van der Waals surface area contributed by atoms with Crippen molar-refractivity contribution in [1.29, 1.82) is 0 Å². The van der Waals surface area contributed by atoms with Crippen molar-refractivity contribution in [2.24, 2.45) is 7.05 Å². The van der Waals surface area contributed by atoms with Crippen LogP contribution < -0.4 is 0 Å². The smallest absolute Gasteiger partial charge is 0.252 e. The number of thiophene rings is 1. The molecule has 0 spiro atoms. The first kappa shape index (κ1) is 12.8. The van der Waals surface area contributed by atoms with Crippen LogP contribution in [-0.4, -0.2) is 35.6 Å². The molecule has 2 aromatic heterocycles. The van der Waals surface area contributed by atoms with Gasteiger partial charge < -0.3 is 0 Å². The predicted octanol–water partition coefficient (Wildman–Crippen LogP) is 1.93. The molecule has 0 atom stereocenters. The second kappa shape index (κ2) is 4.73. The minimum atomic E-state index is -3.30. The van der Waals surface area contributed by atoms with Gasteiger partial charge in [-0.3, -0.25) is 4.68 Å². The van der Waals surface area contributed by atoms with Crippen LogP contribution in [0.15, 0.2) is 27.9 Å². The highest BCUT2D eigenvalue weighted by atomic mass is 32.2. The first-order valence-corrected chi connectivity index (χ1v) is 8.48. The Balaban J connectivity index is 1.95. The number of nitrogens with zero attached hydrogens (tertiary/aromatic N) is 3. The van der Waals surface area contributed by atoms with Gasteiger partial charge in [-0.05, 0) is 25.0 Å². The topological polar surface area (TPSA) is 55.2 Å². The molecule has 0 aromatic carbocycles. The van der Waals surface area contributed by atoms with Crippen LogP contribution in [-0.2, 0) is 17.1 Å². The largest absolute Gasteiger partial charge is 0.268 e. The fourth-order valence-corrected chi connectivity index (χ4v) is 5.14. The zero-order chi connectivity index (χ0) is 13.5. The highest BCUT2D eigenvalue weighted by Gasteiger charge is 2.28. The molecule has 0 saturated carbocycles. The molecule has 7 heteroatoms. The van der Waals surface area contributed by atoms with E-state index in [-0.39, 0.29) is 0 Å². The van der Waals surface area contributed by atoms with E-state index in [4.69, 9.17) is 0 Å². The Morgan fingerprint density at radius 2 is 2.05 bits per heavy atom. The molecule has 5 nitrogen and oxygen atoms in total. The number of sulfonamides is 1. The molecule has 19 heavy (non-hydrogen) atoms. The van der Waals surface area contributed by atoms with Crippen LogP contribution in [0.25, 0.3) is 11.3 Å². The summed E-state index contributed by atoms with van der Waals surface area (Å²) in [6.45, 7) is 1.28. The first-order chi connectivity index (χ1) is 9.09. The van der Waals surface area contributed by atoms with E-state index in [9.17, 15) is 8.42 Å². The van der Waals surface area contributed by atoms with Crippen molar-refractivity contribution in [3.63, 3.8) is 0 Å². The molecule has 0 bridgehead atoms. The summed E-state index contributed by atoms with van der Waals surface area (Å²) in [6, 6.07) is 3.63. The van der Waals surface area contributed by atoms with Gasteiger partial charge in [0, 0.05) is 37.3 Å². The van der Waals surface area contributed by atoms with Crippen LogP contribution in [0.4, 0.5) is 0 Å². The molecule has 0 amide bonds. The van der Waals surface area contributed by atoms with Gasteiger partial charge in [-0.25, -0.2) is 8.42 Å². The van der Waals surface area contributed by atoms with Crippen LogP contribution in [0.3, 0.4) is 0 Å². The van der Waals surface area contributed by atoms with Crippen molar-refractivity contribution < 1.29 is 8.42 Å². The van der Waals surface area contributed by atoms with Crippen molar-refractivity contribution in [3.8, 4) is 11.3 Å². The van der Waals surface area contributed by atoms with E-state index in [0.29, 0.717) is 17.3 Å². The fraction of sp³-hybridized carbons (Fsp3) is 0.417. The van der Waals surface area contributed by atoms with Gasteiger partial charge in [0.25, 0.3) is 10.0 Å². The van der Waals surface area contributed by atoms with E-state index in [0.717, 1.165) is 24.1 Å². The molecular weight excluding hydrogens is 282 g/mol. The molecule has 1 fully saturated rings. The molecule has 1 aliphatic rings. The molecule has 1 saturated heterocycles. The molecule has 2 aromatic rings. The van der Waals surface area contributed by atoms with Gasteiger partial charge in [-0.15, -0.1) is 11.3 Å². The number of hydrogen-bond donors (Lipinski definition) is 0. The van der Waals surface area contributed by atoms with Crippen LogP contribution in [0.2, 0.25) is 0 Å². The highest BCUT2D eigenvalue weighted by molar-refractivity contribution is 7.91. The quantitative estimate of drug-likeness (QED) is 0.870. The van der Waals surface area contributed by atoms with Crippen molar-refractivity contribution in [2.75, 3.05) is 13.1 Å². The normalized spacial score (nSPS) is 17.1. The van der Waals surface area contributed by atoms with E-state index in [2.05, 4.69) is 5.10 Å². The Hall–Kier alpha value is -1.18. The third-order valence-corrected chi connectivity index (χ3v) is 6.67. The minimum absolute atomic E-state index is 0.422. The summed E-state index contributed by atoms with van der Waals surface area (Å²) in [5.41, 5.74) is 1.84. The molecule has 102 valence electrons. The van der Waals surface area contributed by atoms with Gasteiger partial charge in [0.15, 0.2) is 0 Å². The predicted molar refractivity (Wildman–Crippen MR) is 74.5 cm³/mol. The van der Waals surface area contributed by atoms with E-state index >= 15 is 0 Å². The summed E-state index contributed by atoms with van der Waals surface area (Å²) < 4.78 is 28.6. The molecule has 3 heterocycles. The molecule has 0 unspecified atom stereocenters. The van der Waals surface area contributed by atoms with E-state index < -0.39 is 10.0 Å². The number of rotatable bonds is 3. The third kappa shape index (κ3) is 2.22. The van der Waals surface area contributed by atoms with Crippen LogP contribution in [0, 0.1) is 0 Å². The molecule has 0 aliphatic carbocycles. The molecule has 0 N–H and O–H groups in total. The molecule has 0 radical (unpaired) electrons. The summed E-state index contributed by atoms with van der Waals surface area (Å²) >= 11 is 1.28. The lowest BCUT2D eigenvalue weighted by Crippen LogP contribution is -2.27. The summed E-state index contributed by atoms with van der Waals surface area (Å²) in [7, 11) is -1.45. The zero-order valence-corrected chi connectivity index (χ0v) is 12.2. The van der Waals surface area contributed by atoms with Crippen LogP contribution in [0.5, 0.6) is 0 Å². The lowest BCUT2D eigenvalue weighted by molar-refractivity contribution is 0.479. The van der Waals surface area contributed by atoms with Crippen molar-refractivity contribution in [1.82, 2.24) is 14.1 Å². The van der Waals surface area contributed by atoms with Gasteiger partial charge in [0.2, 0.25) is 0 Å². The average Bonchev–Trinajstić information content (AvgIpc) is 3.10. The maximum atomic E-state index is 12.4. The van der Waals surface area contributed by atoms with E-state index in [1.807, 2.05) is 18.5 Å². The summed E-state index contributed by atoms with van der Waals surface area (Å²) in [5.74, 6) is 0. The second-order valence-electron chi connectivity index (χ2n) is 4.61. The molecular formula is C12H15N3O2S2. The van der Waals surface area contributed by atoms with Gasteiger partial charge in [0.1, 0.15) is 4.21 Å². The number of aryl methyl sites for hydroxylation is 1. The van der Waals surface area contributed by atoms with Crippen molar-refractivity contribution in [2.45, 2.75) is 17.1 Å². The summed E-state index contributed by atoms with van der Waals surface area (Å²) in [6.07, 6.45) is 3.63. The van der Waals surface area contributed by atoms with Crippen LogP contribution in [0.1, 0.15) is 12.8 Å². The van der Waals surface area contributed by atoms with Gasteiger partial charge in [0.05, 0.1) is 5.69 Å². The maximum Gasteiger partial charge on any atom is 0.252 e. The Morgan fingerprint density at radius 3 is 2.68 bits per heavy atom. The number of hydrogen-bond acceptors (Lipinski definition) is 4. The van der Waals surface area contributed by atoms with Gasteiger partial charge in [-0.2, -0.15) is 9.40 Å². The average molecular weight is 297 g/mol. The number of aromatic nitrogens is 2. The lowest BCUT2D eigenvalue weighted by Gasteiger charge is -2.13. The second-order valence-corrected chi connectivity index (χ2v) is 7.68.